The zero-order valence-corrected chi connectivity index (χ0v) is 11.1. The lowest BCUT2D eigenvalue weighted by Gasteiger charge is -2.11. The Morgan fingerprint density at radius 1 is 1.42 bits per heavy atom. The van der Waals surface area contributed by atoms with Crippen molar-refractivity contribution in [1.82, 2.24) is 0 Å². The molecule has 0 saturated heterocycles. The summed E-state index contributed by atoms with van der Waals surface area (Å²) in [5.74, 6) is -1.62. The number of ether oxygens (including phenoxy) is 1. The van der Waals surface area contributed by atoms with Crippen molar-refractivity contribution in [2.75, 3.05) is 12.9 Å². The monoisotopic (exact) mass is 296 g/mol. The number of thioether (sulfide) groups is 1. The maximum atomic E-state index is 13.5. The van der Waals surface area contributed by atoms with Crippen molar-refractivity contribution in [3.05, 3.63) is 29.6 Å². The second kappa shape index (κ2) is 6.27. The summed E-state index contributed by atoms with van der Waals surface area (Å²) >= 11 is 0.975. The Balaban J connectivity index is 2.73. The number of carbonyl (C=O) groups is 1. The van der Waals surface area contributed by atoms with Crippen LogP contribution in [-0.2, 0) is 15.7 Å². The van der Waals surface area contributed by atoms with Crippen LogP contribution < -0.4 is 0 Å². The van der Waals surface area contributed by atoms with Crippen molar-refractivity contribution in [3.63, 3.8) is 0 Å². The van der Waals surface area contributed by atoms with Crippen LogP contribution in [-0.4, -0.2) is 18.8 Å². The summed E-state index contributed by atoms with van der Waals surface area (Å²) in [4.78, 5) is 11.2. The summed E-state index contributed by atoms with van der Waals surface area (Å²) in [6.07, 6.45) is -4.57. The molecule has 0 fully saturated rings. The molecule has 1 unspecified atom stereocenters. The normalized spacial score (nSPS) is 13.2. The number of hydrogen-bond donors (Lipinski definition) is 0. The fraction of sp³-hybridized carbons (Fsp3) is 0.417. The number of halogens is 4. The summed E-state index contributed by atoms with van der Waals surface area (Å²) in [6.45, 7) is 1.60. The molecule has 0 bridgehead atoms. The van der Waals surface area contributed by atoms with Crippen LogP contribution in [0.1, 0.15) is 12.5 Å². The molecular weight excluding hydrogens is 284 g/mol. The van der Waals surface area contributed by atoms with Gasteiger partial charge in [0.15, 0.2) is 0 Å². The molecule has 0 amide bonds. The molecule has 0 aromatic heterocycles. The Bertz CT molecular complexity index is 460. The van der Waals surface area contributed by atoms with Crippen LogP contribution in [0.3, 0.4) is 0 Å². The second-order valence-corrected chi connectivity index (χ2v) is 4.94. The van der Waals surface area contributed by atoms with Crippen LogP contribution in [0, 0.1) is 11.7 Å². The van der Waals surface area contributed by atoms with Gasteiger partial charge in [0.1, 0.15) is 5.82 Å². The number of methoxy groups -OCH3 is 1. The molecule has 0 radical (unpaired) electrons. The number of alkyl halides is 3. The van der Waals surface area contributed by atoms with E-state index < -0.39 is 29.4 Å². The molecule has 19 heavy (non-hydrogen) atoms. The number of carbonyl (C=O) groups excluding carboxylic acids is 1. The first-order valence-electron chi connectivity index (χ1n) is 5.33. The lowest BCUT2D eigenvalue weighted by molar-refractivity contribution is -0.144. The molecule has 0 aliphatic rings. The minimum Gasteiger partial charge on any atom is -0.469 e. The maximum absolute atomic E-state index is 13.5. The van der Waals surface area contributed by atoms with Crippen LogP contribution in [0.4, 0.5) is 17.6 Å². The molecule has 7 heteroatoms. The van der Waals surface area contributed by atoms with Gasteiger partial charge in [-0.15, -0.1) is 11.8 Å². The first kappa shape index (κ1) is 15.8. The van der Waals surface area contributed by atoms with E-state index in [9.17, 15) is 22.4 Å². The van der Waals surface area contributed by atoms with Crippen molar-refractivity contribution in [1.29, 1.82) is 0 Å². The van der Waals surface area contributed by atoms with Crippen LogP contribution >= 0.6 is 11.8 Å². The standard InChI is InChI=1S/C12H12F4O2S/c1-7(11(17)18-2)6-19-10-4-3-8(5-9(10)13)12(14,15)16/h3-5,7H,6H2,1-2H3. The molecule has 0 aliphatic heterocycles. The van der Waals surface area contributed by atoms with Gasteiger partial charge in [-0.3, -0.25) is 4.79 Å². The predicted molar refractivity (Wildman–Crippen MR) is 63.3 cm³/mol. The van der Waals surface area contributed by atoms with E-state index in [1.54, 1.807) is 6.92 Å². The van der Waals surface area contributed by atoms with Crippen molar-refractivity contribution in [3.8, 4) is 0 Å². The van der Waals surface area contributed by atoms with Crippen LogP contribution in [0.2, 0.25) is 0 Å². The highest BCUT2D eigenvalue weighted by molar-refractivity contribution is 7.99. The number of hydrogen-bond acceptors (Lipinski definition) is 3. The molecule has 1 atom stereocenters. The third kappa shape index (κ3) is 4.41. The molecule has 0 saturated carbocycles. The highest BCUT2D eigenvalue weighted by atomic mass is 32.2. The Morgan fingerprint density at radius 3 is 2.53 bits per heavy atom. The summed E-state index contributed by atoms with van der Waals surface area (Å²) < 4.78 is 55.0. The molecule has 0 heterocycles. The zero-order chi connectivity index (χ0) is 14.6. The Kier molecular flexibility index (Phi) is 5.22. The van der Waals surface area contributed by atoms with E-state index in [0.29, 0.717) is 6.07 Å². The zero-order valence-electron chi connectivity index (χ0n) is 10.3. The lowest BCUT2D eigenvalue weighted by Crippen LogP contribution is -2.14. The van der Waals surface area contributed by atoms with Gasteiger partial charge < -0.3 is 4.74 Å². The largest absolute Gasteiger partial charge is 0.469 e. The van der Waals surface area contributed by atoms with Crippen molar-refractivity contribution in [2.45, 2.75) is 18.0 Å². The Hall–Kier alpha value is -1.24. The molecule has 0 aliphatic carbocycles. The maximum Gasteiger partial charge on any atom is 0.416 e. The average molecular weight is 296 g/mol. The third-order valence-corrected chi connectivity index (χ3v) is 3.66. The van der Waals surface area contributed by atoms with Gasteiger partial charge in [0.25, 0.3) is 0 Å². The van der Waals surface area contributed by atoms with Gasteiger partial charge in [0.05, 0.1) is 18.6 Å². The average Bonchev–Trinajstić information content (AvgIpc) is 2.34. The fourth-order valence-electron chi connectivity index (χ4n) is 1.28. The summed E-state index contributed by atoms with van der Waals surface area (Å²) in [5, 5.41) is 0. The number of esters is 1. The van der Waals surface area contributed by atoms with Gasteiger partial charge in [-0.2, -0.15) is 13.2 Å². The molecular formula is C12H12F4O2S. The smallest absolute Gasteiger partial charge is 0.416 e. The van der Waals surface area contributed by atoms with E-state index in [2.05, 4.69) is 4.74 Å². The molecule has 1 aromatic rings. The highest BCUT2D eigenvalue weighted by Crippen LogP contribution is 2.32. The van der Waals surface area contributed by atoms with E-state index in [4.69, 9.17) is 0 Å². The van der Waals surface area contributed by atoms with Gasteiger partial charge in [0, 0.05) is 10.6 Å². The van der Waals surface area contributed by atoms with Gasteiger partial charge in [-0.25, -0.2) is 4.39 Å². The number of rotatable bonds is 4. The van der Waals surface area contributed by atoms with Crippen LogP contribution in [0.15, 0.2) is 23.1 Å². The minimum absolute atomic E-state index is 0.0729. The highest BCUT2D eigenvalue weighted by Gasteiger charge is 2.31. The summed E-state index contributed by atoms with van der Waals surface area (Å²) in [7, 11) is 1.24. The van der Waals surface area contributed by atoms with Gasteiger partial charge >= 0.3 is 12.1 Å². The topological polar surface area (TPSA) is 26.3 Å². The molecule has 106 valence electrons. The lowest BCUT2D eigenvalue weighted by atomic mass is 10.2. The van der Waals surface area contributed by atoms with Gasteiger partial charge in [0.2, 0.25) is 0 Å². The molecule has 0 N–H and O–H groups in total. The molecule has 0 spiro atoms. The van der Waals surface area contributed by atoms with Crippen LogP contribution in [0.5, 0.6) is 0 Å². The summed E-state index contributed by atoms with van der Waals surface area (Å²) in [5.41, 5.74) is -1.03. The second-order valence-electron chi connectivity index (χ2n) is 3.88. The molecule has 1 rings (SSSR count). The van der Waals surface area contributed by atoms with E-state index in [0.717, 1.165) is 23.9 Å². The SMILES string of the molecule is COC(=O)C(C)CSc1ccc(C(F)(F)F)cc1F. The van der Waals surface area contributed by atoms with Crippen LogP contribution in [0.25, 0.3) is 0 Å². The van der Waals surface area contributed by atoms with Gasteiger partial charge in [-0.05, 0) is 18.2 Å². The first-order valence-corrected chi connectivity index (χ1v) is 6.31. The van der Waals surface area contributed by atoms with E-state index in [1.165, 1.54) is 7.11 Å². The Labute approximate surface area is 112 Å². The minimum atomic E-state index is -4.57. The van der Waals surface area contributed by atoms with E-state index >= 15 is 0 Å². The fourth-order valence-corrected chi connectivity index (χ4v) is 2.20. The van der Waals surface area contributed by atoms with E-state index in [1.807, 2.05) is 0 Å². The molecule has 1 aromatic carbocycles. The Morgan fingerprint density at radius 2 is 2.05 bits per heavy atom. The predicted octanol–water partition coefficient (Wildman–Crippen LogP) is 3.75. The van der Waals surface area contributed by atoms with Crippen molar-refractivity contribution < 1.29 is 27.1 Å². The van der Waals surface area contributed by atoms with Crippen molar-refractivity contribution in [2.24, 2.45) is 5.92 Å². The summed E-state index contributed by atoms with van der Waals surface area (Å²) in [6, 6.07) is 2.33. The third-order valence-electron chi connectivity index (χ3n) is 2.35. The van der Waals surface area contributed by atoms with E-state index in [-0.39, 0.29) is 10.6 Å². The van der Waals surface area contributed by atoms with Gasteiger partial charge in [-0.1, -0.05) is 6.92 Å². The number of benzene rings is 1. The quantitative estimate of drug-likeness (QED) is 0.481. The van der Waals surface area contributed by atoms with Crippen molar-refractivity contribution >= 4 is 17.7 Å². The first-order chi connectivity index (χ1) is 8.75. The molecule has 2 nitrogen and oxygen atoms in total.